The molecule has 0 saturated carbocycles. The zero-order valence-corrected chi connectivity index (χ0v) is 7.52. The molecule has 1 rings (SSSR count). The first-order valence-corrected chi connectivity index (χ1v) is 5.13. The maximum Gasteiger partial charge on any atom is -0.0274 e. The van der Waals surface area contributed by atoms with E-state index in [9.17, 15) is 0 Å². The van der Waals surface area contributed by atoms with E-state index < -0.39 is 0 Å². The van der Waals surface area contributed by atoms with Gasteiger partial charge in [0, 0.05) is 0 Å². The van der Waals surface area contributed by atoms with E-state index >= 15 is 0 Å². The minimum Gasteiger partial charge on any atom is -0.0936 e. The van der Waals surface area contributed by atoms with Crippen LogP contribution in [0.5, 0.6) is 0 Å². The summed E-state index contributed by atoms with van der Waals surface area (Å²) in [5.41, 5.74) is 1.43. The second-order valence-corrected chi connectivity index (χ2v) is 3.38. The van der Waals surface area contributed by atoms with Crippen molar-refractivity contribution in [3.05, 3.63) is 29.8 Å². The van der Waals surface area contributed by atoms with Gasteiger partial charge in [-0.05, 0) is 24.0 Å². The van der Waals surface area contributed by atoms with Gasteiger partial charge in [0.15, 0.2) is 0 Å². The predicted octanol–water partition coefficient (Wildman–Crippen LogP) is 2.18. The van der Waals surface area contributed by atoms with E-state index in [4.69, 9.17) is 0 Å². The van der Waals surface area contributed by atoms with Crippen molar-refractivity contribution in [1.82, 2.24) is 0 Å². The molecule has 1 aromatic rings. The van der Waals surface area contributed by atoms with E-state index in [2.05, 4.69) is 37.9 Å². The quantitative estimate of drug-likeness (QED) is 0.570. The maximum atomic E-state index is 2.22. The molecule has 1 aromatic carbocycles. The van der Waals surface area contributed by atoms with Crippen molar-refractivity contribution in [3.63, 3.8) is 0 Å². The molecule has 1 heteroatoms. The summed E-state index contributed by atoms with van der Waals surface area (Å²) in [7, 11) is 0.928. The maximum absolute atomic E-state index is 2.22. The van der Waals surface area contributed by atoms with E-state index in [0.29, 0.717) is 0 Å². The van der Waals surface area contributed by atoms with Gasteiger partial charge in [-0.1, -0.05) is 39.8 Å². The zero-order chi connectivity index (χ0) is 7.40. The first kappa shape index (κ1) is 7.75. The zero-order valence-electron chi connectivity index (χ0n) is 6.52. The van der Waals surface area contributed by atoms with E-state index in [1.165, 1.54) is 10.9 Å². The van der Waals surface area contributed by atoms with Crippen molar-refractivity contribution in [2.24, 2.45) is 0 Å². The van der Waals surface area contributed by atoms with Gasteiger partial charge in [0.25, 0.3) is 0 Å². The fourth-order valence-electron chi connectivity index (χ4n) is 0.907. The molecule has 0 aliphatic heterocycles. The van der Waals surface area contributed by atoms with Crippen LogP contribution in [0.4, 0.5) is 0 Å². The number of benzene rings is 1. The number of rotatable bonds is 2. The van der Waals surface area contributed by atoms with E-state index in [1.54, 1.807) is 0 Å². The van der Waals surface area contributed by atoms with Crippen LogP contribution in [0, 0.1) is 0 Å². The molecule has 0 aromatic heterocycles. The highest BCUT2D eigenvalue weighted by Crippen LogP contribution is 2.05. The Morgan fingerprint density at radius 1 is 1.20 bits per heavy atom. The third-order valence-electron chi connectivity index (χ3n) is 1.65. The Bertz CT molecular complexity index is 165. The molecule has 10 heavy (non-hydrogen) atoms. The Hall–Kier alpha value is -0.350. The van der Waals surface area contributed by atoms with Gasteiger partial charge in [-0.25, -0.2) is 0 Å². The Kier molecular flexibility index (Phi) is 2.89. The van der Waals surface area contributed by atoms with E-state index in [1.807, 2.05) is 0 Å². The monoisotopic (exact) mass is 152 g/mol. The van der Waals surface area contributed by atoms with Crippen LogP contribution < -0.4 is 5.30 Å². The Morgan fingerprint density at radius 2 is 1.80 bits per heavy atom. The molecule has 0 fully saturated rings. The molecule has 0 aliphatic carbocycles. The molecule has 0 radical (unpaired) electrons. The van der Waals surface area contributed by atoms with Crippen LogP contribution in [0.2, 0.25) is 0 Å². The molecule has 0 N–H and O–H groups in total. The molecule has 0 nitrogen and oxygen atoms in total. The lowest BCUT2D eigenvalue weighted by atomic mass is 10.2. The Morgan fingerprint density at radius 3 is 2.20 bits per heavy atom. The fourth-order valence-corrected chi connectivity index (χ4v) is 1.41. The second kappa shape index (κ2) is 3.73. The largest absolute Gasteiger partial charge is 0.0936 e. The molecular weight excluding hydrogens is 139 g/mol. The molecule has 0 aliphatic rings. The van der Waals surface area contributed by atoms with Crippen LogP contribution in [0.3, 0.4) is 0 Å². The van der Waals surface area contributed by atoms with Crippen molar-refractivity contribution >= 4 is 13.9 Å². The molecular formula is C9H13P. The second-order valence-electron chi connectivity index (χ2n) is 2.30. The lowest BCUT2D eigenvalue weighted by molar-refractivity contribution is 1.14. The van der Waals surface area contributed by atoms with Gasteiger partial charge in [-0.3, -0.25) is 0 Å². The summed E-state index contributed by atoms with van der Waals surface area (Å²) in [4.78, 5) is 0. The van der Waals surface area contributed by atoms with Crippen molar-refractivity contribution in [2.75, 3.05) is 6.66 Å². The SMILES string of the molecule is CCc1ccc(PC)cc1. The molecule has 0 amide bonds. The summed E-state index contributed by atoms with van der Waals surface area (Å²) < 4.78 is 0. The van der Waals surface area contributed by atoms with E-state index in [-0.39, 0.29) is 0 Å². The Balaban J connectivity index is 2.80. The average Bonchev–Trinajstić information content (AvgIpc) is 2.05. The van der Waals surface area contributed by atoms with Crippen LogP contribution in [-0.4, -0.2) is 6.66 Å². The average molecular weight is 152 g/mol. The minimum atomic E-state index is 0.928. The standard InChI is InChI=1S/C9H13P/c1-3-8-4-6-9(10-2)7-5-8/h4-7,10H,3H2,1-2H3. The van der Waals surface area contributed by atoms with Crippen LogP contribution in [0.1, 0.15) is 12.5 Å². The van der Waals surface area contributed by atoms with Gasteiger partial charge >= 0.3 is 0 Å². The first-order chi connectivity index (χ1) is 4.86. The predicted molar refractivity (Wildman–Crippen MR) is 49.7 cm³/mol. The molecule has 1 atom stereocenters. The van der Waals surface area contributed by atoms with Gasteiger partial charge in [-0.15, -0.1) is 0 Å². The molecule has 54 valence electrons. The topological polar surface area (TPSA) is 0 Å². The van der Waals surface area contributed by atoms with Crippen molar-refractivity contribution in [3.8, 4) is 0 Å². The molecule has 0 bridgehead atoms. The molecule has 0 saturated heterocycles. The van der Waals surface area contributed by atoms with Crippen LogP contribution in [0.25, 0.3) is 0 Å². The summed E-state index contributed by atoms with van der Waals surface area (Å²) in [6.07, 6.45) is 1.15. The smallest absolute Gasteiger partial charge is 0.0274 e. The third kappa shape index (κ3) is 1.82. The molecule has 1 unspecified atom stereocenters. The van der Waals surface area contributed by atoms with Crippen molar-refractivity contribution in [1.29, 1.82) is 0 Å². The summed E-state index contributed by atoms with van der Waals surface area (Å²) in [5, 5.41) is 1.46. The lowest BCUT2D eigenvalue weighted by Gasteiger charge is -1.97. The highest BCUT2D eigenvalue weighted by Gasteiger charge is 1.88. The minimum absolute atomic E-state index is 0.928. The van der Waals surface area contributed by atoms with Gasteiger partial charge in [0.05, 0.1) is 0 Å². The van der Waals surface area contributed by atoms with Gasteiger partial charge < -0.3 is 0 Å². The first-order valence-electron chi connectivity index (χ1n) is 3.63. The highest BCUT2D eigenvalue weighted by atomic mass is 31.1. The summed E-state index contributed by atoms with van der Waals surface area (Å²) >= 11 is 0. The number of hydrogen-bond acceptors (Lipinski definition) is 0. The van der Waals surface area contributed by atoms with Crippen LogP contribution in [-0.2, 0) is 6.42 Å². The van der Waals surface area contributed by atoms with Gasteiger partial charge in [-0.2, -0.15) is 0 Å². The third-order valence-corrected chi connectivity index (χ3v) is 2.56. The fraction of sp³-hybridized carbons (Fsp3) is 0.333. The van der Waals surface area contributed by atoms with Gasteiger partial charge in [0.1, 0.15) is 0 Å². The summed E-state index contributed by atoms with van der Waals surface area (Å²) in [5.74, 6) is 0. The molecule has 0 spiro atoms. The summed E-state index contributed by atoms with van der Waals surface area (Å²) in [6, 6.07) is 8.87. The highest BCUT2D eigenvalue weighted by molar-refractivity contribution is 7.46. The van der Waals surface area contributed by atoms with Crippen molar-refractivity contribution in [2.45, 2.75) is 13.3 Å². The number of hydrogen-bond donors (Lipinski definition) is 0. The Labute approximate surface area is 64.4 Å². The molecule has 0 heterocycles. The van der Waals surface area contributed by atoms with E-state index in [0.717, 1.165) is 15.0 Å². The lowest BCUT2D eigenvalue weighted by Crippen LogP contribution is -1.92. The number of aryl methyl sites for hydroxylation is 1. The van der Waals surface area contributed by atoms with Gasteiger partial charge in [0.2, 0.25) is 0 Å². The van der Waals surface area contributed by atoms with Crippen molar-refractivity contribution < 1.29 is 0 Å². The summed E-state index contributed by atoms with van der Waals surface area (Å²) in [6.45, 7) is 4.39. The normalized spacial score (nSPS) is 11.0. The van der Waals surface area contributed by atoms with Crippen LogP contribution in [0.15, 0.2) is 24.3 Å². The van der Waals surface area contributed by atoms with Crippen LogP contribution >= 0.6 is 8.58 Å².